The van der Waals surface area contributed by atoms with E-state index in [1.807, 2.05) is 0 Å². The Morgan fingerprint density at radius 2 is 2.26 bits per heavy atom. The normalized spacial score (nSPS) is 22.8. The number of nitrogens with zero attached hydrogens (tertiary/aromatic N) is 2. The van der Waals surface area contributed by atoms with Crippen molar-refractivity contribution in [1.29, 1.82) is 0 Å². The summed E-state index contributed by atoms with van der Waals surface area (Å²) in [4.78, 5) is 8.83. The predicted octanol–water partition coefficient (Wildman–Crippen LogP) is 1.00. The van der Waals surface area contributed by atoms with Crippen LogP contribution in [0.3, 0.4) is 0 Å². The van der Waals surface area contributed by atoms with E-state index in [-0.39, 0.29) is 0 Å². The van der Waals surface area contributed by atoms with E-state index in [2.05, 4.69) is 20.6 Å². The molecule has 5 nitrogen and oxygen atoms in total. The van der Waals surface area contributed by atoms with Gasteiger partial charge in [-0.25, -0.2) is 9.97 Å². The second kappa shape index (κ2) is 6.30. The zero-order chi connectivity index (χ0) is 12.9. The highest BCUT2D eigenvalue weighted by Gasteiger charge is 2.16. The van der Waals surface area contributed by atoms with Crippen LogP contribution in [0.4, 0.5) is 5.82 Å². The lowest BCUT2D eigenvalue weighted by atomic mass is 10.1. The van der Waals surface area contributed by atoms with Crippen molar-refractivity contribution >= 4 is 5.82 Å². The predicted molar refractivity (Wildman–Crippen MR) is 74.3 cm³/mol. The van der Waals surface area contributed by atoms with Gasteiger partial charge in [0.2, 0.25) is 0 Å². The first kappa shape index (κ1) is 12.8. The van der Waals surface area contributed by atoms with Gasteiger partial charge >= 0.3 is 0 Å². The smallest absolute Gasteiger partial charge is 0.132 e. The lowest BCUT2D eigenvalue weighted by Gasteiger charge is -2.13. The number of fused-ring (bicyclic) bond motifs is 1. The van der Waals surface area contributed by atoms with Gasteiger partial charge in [0, 0.05) is 38.3 Å². The fraction of sp³-hybridized carbons (Fsp3) is 0.714. The number of ether oxygens (including phenoxy) is 1. The van der Waals surface area contributed by atoms with Crippen molar-refractivity contribution in [3.05, 3.63) is 17.6 Å². The molecule has 1 saturated heterocycles. The van der Waals surface area contributed by atoms with Crippen LogP contribution in [0.2, 0.25) is 0 Å². The van der Waals surface area contributed by atoms with Crippen molar-refractivity contribution < 1.29 is 4.74 Å². The standard InChI is InChI=1S/C14H22N4O/c1(11-4-8-19-9-11)7-16-14-12-2-5-15-6-3-13(12)17-10-18-14/h10-11,15H,1-9H2,(H,16,17,18)/t11-/m1/s1. The molecule has 2 N–H and O–H groups in total. The summed E-state index contributed by atoms with van der Waals surface area (Å²) in [6.07, 6.45) is 6.07. The van der Waals surface area contributed by atoms with Crippen LogP contribution in [0.1, 0.15) is 24.1 Å². The molecule has 3 rings (SSSR count). The first-order valence-corrected chi connectivity index (χ1v) is 7.28. The molecular formula is C14H22N4O. The number of nitrogens with one attached hydrogen (secondary N) is 2. The molecule has 0 spiro atoms. The molecule has 19 heavy (non-hydrogen) atoms. The molecule has 0 bridgehead atoms. The van der Waals surface area contributed by atoms with E-state index < -0.39 is 0 Å². The van der Waals surface area contributed by atoms with Crippen molar-refractivity contribution in [3.63, 3.8) is 0 Å². The molecule has 2 aliphatic rings. The van der Waals surface area contributed by atoms with Crippen LogP contribution in [0.25, 0.3) is 0 Å². The van der Waals surface area contributed by atoms with Gasteiger partial charge in [0.1, 0.15) is 12.1 Å². The Kier molecular flexibility index (Phi) is 4.25. The molecule has 0 aliphatic carbocycles. The Bertz CT molecular complexity index is 418. The molecule has 0 unspecified atom stereocenters. The number of rotatable bonds is 4. The molecular weight excluding hydrogens is 240 g/mol. The molecule has 3 heterocycles. The maximum absolute atomic E-state index is 5.41. The van der Waals surface area contributed by atoms with Gasteiger partial charge in [-0.2, -0.15) is 0 Å². The van der Waals surface area contributed by atoms with Crippen molar-refractivity contribution in [1.82, 2.24) is 15.3 Å². The summed E-state index contributed by atoms with van der Waals surface area (Å²) < 4.78 is 5.41. The van der Waals surface area contributed by atoms with E-state index >= 15 is 0 Å². The molecule has 0 amide bonds. The Morgan fingerprint density at radius 1 is 1.32 bits per heavy atom. The van der Waals surface area contributed by atoms with Crippen LogP contribution < -0.4 is 10.6 Å². The second-order valence-electron chi connectivity index (χ2n) is 5.34. The van der Waals surface area contributed by atoms with E-state index in [1.54, 1.807) is 6.33 Å². The molecule has 0 radical (unpaired) electrons. The van der Waals surface area contributed by atoms with Crippen LogP contribution in [-0.2, 0) is 17.6 Å². The SMILES string of the molecule is c1nc2c(c(NCC[C@@H]3CCOC3)n1)CCNCC2. The van der Waals surface area contributed by atoms with Gasteiger partial charge in [0.15, 0.2) is 0 Å². The number of anilines is 1. The van der Waals surface area contributed by atoms with E-state index in [1.165, 1.54) is 17.7 Å². The van der Waals surface area contributed by atoms with Crippen molar-refractivity contribution in [2.45, 2.75) is 25.7 Å². The molecule has 1 aromatic heterocycles. The van der Waals surface area contributed by atoms with E-state index in [9.17, 15) is 0 Å². The highest BCUT2D eigenvalue weighted by molar-refractivity contribution is 5.46. The van der Waals surface area contributed by atoms with Crippen LogP contribution in [0, 0.1) is 5.92 Å². The molecule has 0 aromatic carbocycles. The largest absolute Gasteiger partial charge is 0.381 e. The summed E-state index contributed by atoms with van der Waals surface area (Å²) in [5, 5.41) is 6.90. The van der Waals surface area contributed by atoms with Crippen LogP contribution >= 0.6 is 0 Å². The summed E-state index contributed by atoms with van der Waals surface area (Å²) >= 11 is 0. The minimum absolute atomic E-state index is 0.717. The van der Waals surface area contributed by atoms with E-state index in [4.69, 9.17) is 4.74 Å². The highest BCUT2D eigenvalue weighted by Crippen LogP contribution is 2.20. The summed E-state index contributed by atoms with van der Waals surface area (Å²) in [6, 6.07) is 0. The minimum atomic E-state index is 0.717. The average molecular weight is 262 g/mol. The van der Waals surface area contributed by atoms with E-state index in [0.29, 0.717) is 0 Å². The Balaban J connectivity index is 1.60. The van der Waals surface area contributed by atoms with Gasteiger partial charge in [0.25, 0.3) is 0 Å². The summed E-state index contributed by atoms with van der Waals surface area (Å²) in [5.41, 5.74) is 2.50. The maximum atomic E-state index is 5.41. The topological polar surface area (TPSA) is 59.1 Å². The fourth-order valence-corrected chi connectivity index (χ4v) is 2.83. The number of hydrogen-bond acceptors (Lipinski definition) is 5. The number of hydrogen-bond donors (Lipinski definition) is 2. The first-order valence-electron chi connectivity index (χ1n) is 7.28. The molecule has 0 saturated carbocycles. The third-order valence-corrected chi connectivity index (χ3v) is 3.99. The summed E-state index contributed by atoms with van der Waals surface area (Å²) in [7, 11) is 0. The van der Waals surface area contributed by atoms with Crippen LogP contribution in [-0.4, -0.2) is 42.8 Å². The maximum Gasteiger partial charge on any atom is 0.132 e. The molecule has 1 atom stereocenters. The van der Waals surface area contributed by atoms with Gasteiger partial charge in [-0.3, -0.25) is 0 Å². The van der Waals surface area contributed by atoms with Gasteiger partial charge in [-0.15, -0.1) is 0 Å². The molecule has 2 aliphatic heterocycles. The minimum Gasteiger partial charge on any atom is -0.381 e. The average Bonchev–Trinajstić information content (AvgIpc) is 2.82. The van der Waals surface area contributed by atoms with Crippen LogP contribution in [0.15, 0.2) is 6.33 Å². The Labute approximate surface area is 114 Å². The molecule has 1 fully saturated rings. The quantitative estimate of drug-likeness (QED) is 0.848. The Hall–Kier alpha value is -1.20. The molecule has 104 valence electrons. The van der Waals surface area contributed by atoms with Crippen molar-refractivity contribution in [3.8, 4) is 0 Å². The zero-order valence-corrected chi connectivity index (χ0v) is 11.3. The molecule has 1 aromatic rings. The first-order chi connectivity index (χ1) is 9.43. The van der Waals surface area contributed by atoms with Crippen molar-refractivity contribution in [2.24, 2.45) is 5.92 Å². The Morgan fingerprint density at radius 3 is 3.16 bits per heavy atom. The fourth-order valence-electron chi connectivity index (χ4n) is 2.83. The monoisotopic (exact) mass is 262 g/mol. The van der Waals surface area contributed by atoms with Gasteiger partial charge < -0.3 is 15.4 Å². The summed E-state index contributed by atoms with van der Waals surface area (Å²) in [5.74, 6) is 1.75. The van der Waals surface area contributed by atoms with Gasteiger partial charge in [0.05, 0.1) is 5.69 Å². The van der Waals surface area contributed by atoms with Gasteiger partial charge in [-0.05, 0) is 31.7 Å². The third kappa shape index (κ3) is 3.22. The number of aromatic nitrogens is 2. The zero-order valence-electron chi connectivity index (χ0n) is 11.3. The van der Waals surface area contributed by atoms with E-state index in [0.717, 1.165) is 63.8 Å². The molecule has 5 heteroatoms. The lowest BCUT2D eigenvalue weighted by molar-refractivity contribution is 0.185. The lowest BCUT2D eigenvalue weighted by Crippen LogP contribution is -2.16. The van der Waals surface area contributed by atoms with Crippen LogP contribution in [0.5, 0.6) is 0 Å². The van der Waals surface area contributed by atoms with Gasteiger partial charge in [-0.1, -0.05) is 0 Å². The highest BCUT2D eigenvalue weighted by atomic mass is 16.5. The second-order valence-corrected chi connectivity index (χ2v) is 5.34. The summed E-state index contributed by atoms with van der Waals surface area (Å²) in [6.45, 7) is 4.87. The van der Waals surface area contributed by atoms with Crippen molar-refractivity contribution in [2.75, 3.05) is 38.2 Å². The third-order valence-electron chi connectivity index (χ3n) is 3.99.